The highest BCUT2D eigenvalue weighted by Gasteiger charge is 2.61. The minimum Gasteiger partial charge on any atom is -0.457 e. The van der Waals surface area contributed by atoms with Crippen molar-refractivity contribution in [1.29, 1.82) is 0 Å². The highest BCUT2D eigenvalue weighted by Crippen LogP contribution is 2.56. The van der Waals surface area contributed by atoms with Gasteiger partial charge in [-0.1, -0.05) is 12.1 Å². The van der Waals surface area contributed by atoms with Crippen molar-refractivity contribution in [2.24, 2.45) is 23.7 Å². The first-order valence-electron chi connectivity index (χ1n) is 9.76. The van der Waals surface area contributed by atoms with Crippen molar-refractivity contribution in [3.8, 4) is 11.5 Å². The Morgan fingerprint density at radius 1 is 0.889 bits per heavy atom. The fraction of sp³-hybridized carbons (Fsp3) is 0.391. The molecule has 0 radical (unpaired) electrons. The molecule has 0 N–H and O–H groups in total. The fourth-order valence-corrected chi connectivity index (χ4v) is 5.29. The Labute approximate surface area is 159 Å². The number of amides is 2. The van der Waals surface area contributed by atoms with Gasteiger partial charge in [-0.25, -0.2) is 0 Å². The molecule has 1 heterocycles. The van der Waals surface area contributed by atoms with Crippen LogP contribution in [0.15, 0.2) is 42.5 Å². The molecule has 1 saturated heterocycles. The van der Waals surface area contributed by atoms with Gasteiger partial charge in [0.15, 0.2) is 0 Å². The molecule has 0 unspecified atom stereocenters. The Hall–Kier alpha value is -2.62. The van der Waals surface area contributed by atoms with E-state index in [9.17, 15) is 9.59 Å². The second-order valence-electron chi connectivity index (χ2n) is 8.19. The first-order valence-corrected chi connectivity index (χ1v) is 9.76. The van der Waals surface area contributed by atoms with Crippen molar-refractivity contribution in [3.05, 3.63) is 53.6 Å². The molecular formula is C23H23NO3. The number of ether oxygens (including phenoxy) is 1. The molecule has 4 nitrogen and oxygen atoms in total. The number of rotatable bonds is 3. The van der Waals surface area contributed by atoms with E-state index in [-0.39, 0.29) is 23.7 Å². The molecule has 138 valence electrons. The number of imide groups is 1. The van der Waals surface area contributed by atoms with E-state index in [4.69, 9.17) is 4.74 Å². The fourth-order valence-electron chi connectivity index (χ4n) is 5.29. The van der Waals surface area contributed by atoms with Crippen LogP contribution in [0, 0.1) is 37.5 Å². The molecule has 0 aromatic heterocycles. The van der Waals surface area contributed by atoms with Crippen molar-refractivity contribution in [2.45, 2.75) is 33.1 Å². The third-order valence-electron chi connectivity index (χ3n) is 6.81. The van der Waals surface area contributed by atoms with Crippen LogP contribution < -0.4 is 9.64 Å². The number of hydrogen-bond acceptors (Lipinski definition) is 3. The van der Waals surface area contributed by atoms with E-state index < -0.39 is 0 Å². The summed E-state index contributed by atoms with van der Waals surface area (Å²) in [4.78, 5) is 27.3. The maximum atomic E-state index is 12.9. The van der Waals surface area contributed by atoms with Gasteiger partial charge >= 0.3 is 0 Å². The molecule has 4 heteroatoms. The number of hydrogen-bond donors (Lipinski definition) is 0. The second-order valence-corrected chi connectivity index (χ2v) is 8.19. The number of carbonyl (C=O) groups is 2. The summed E-state index contributed by atoms with van der Waals surface area (Å²) in [5, 5.41) is 0. The summed E-state index contributed by atoms with van der Waals surface area (Å²) in [6, 6.07) is 13.3. The Morgan fingerprint density at radius 2 is 1.52 bits per heavy atom. The molecule has 2 amide bonds. The molecule has 3 fully saturated rings. The van der Waals surface area contributed by atoms with Crippen LogP contribution >= 0.6 is 0 Å². The van der Waals surface area contributed by atoms with Crippen LogP contribution in [-0.4, -0.2) is 11.8 Å². The van der Waals surface area contributed by atoms with Gasteiger partial charge in [-0.2, -0.15) is 0 Å². The molecule has 1 aliphatic heterocycles. The van der Waals surface area contributed by atoms with Gasteiger partial charge in [0.25, 0.3) is 0 Å². The average Bonchev–Trinajstić information content (AvgIpc) is 3.34. The van der Waals surface area contributed by atoms with E-state index >= 15 is 0 Å². The Balaban J connectivity index is 1.39. The lowest BCUT2D eigenvalue weighted by Crippen LogP contribution is -2.32. The summed E-state index contributed by atoms with van der Waals surface area (Å²) in [7, 11) is 0. The summed E-state index contributed by atoms with van der Waals surface area (Å²) in [5.41, 5.74) is 2.94. The van der Waals surface area contributed by atoms with Crippen LogP contribution in [0.25, 0.3) is 0 Å². The quantitative estimate of drug-likeness (QED) is 0.749. The van der Waals surface area contributed by atoms with Crippen molar-refractivity contribution in [1.82, 2.24) is 0 Å². The third-order valence-corrected chi connectivity index (χ3v) is 6.81. The van der Waals surface area contributed by atoms with E-state index in [1.807, 2.05) is 43.3 Å². The maximum Gasteiger partial charge on any atom is 0.237 e. The van der Waals surface area contributed by atoms with Gasteiger partial charge in [0, 0.05) is 0 Å². The minimum atomic E-state index is -0.0814. The molecule has 2 saturated carbocycles. The van der Waals surface area contributed by atoms with Crippen LogP contribution in [0.2, 0.25) is 0 Å². The predicted octanol–water partition coefficient (Wildman–Crippen LogP) is 4.63. The number of fused-ring (bicyclic) bond motifs is 5. The molecule has 2 aromatic carbocycles. The topological polar surface area (TPSA) is 46.6 Å². The summed E-state index contributed by atoms with van der Waals surface area (Å²) in [6.45, 7) is 4.09. The monoisotopic (exact) mass is 361 g/mol. The average molecular weight is 361 g/mol. The summed E-state index contributed by atoms with van der Waals surface area (Å²) in [6.07, 6.45) is 3.26. The number of nitrogens with zero attached hydrogens (tertiary/aromatic N) is 1. The van der Waals surface area contributed by atoms with E-state index in [1.165, 1.54) is 10.5 Å². The number of benzene rings is 2. The Kier molecular flexibility index (Phi) is 3.64. The molecule has 2 aliphatic carbocycles. The van der Waals surface area contributed by atoms with Gasteiger partial charge in [-0.05, 0) is 86.4 Å². The first kappa shape index (κ1) is 16.5. The smallest absolute Gasteiger partial charge is 0.237 e. The zero-order chi connectivity index (χ0) is 18.7. The molecule has 2 aromatic rings. The van der Waals surface area contributed by atoms with Crippen molar-refractivity contribution < 1.29 is 14.3 Å². The summed E-state index contributed by atoms with van der Waals surface area (Å²) < 4.78 is 5.99. The molecule has 4 atom stereocenters. The number of carbonyl (C=O) groups excluding carboxylic acids is 2. The van der Waals surface area contributed by atoms with Crippen LogP contribution in [0.5, 0.6) is 11.5 Å². The molecule has 2 bridgehead atoms. The van der Waals surface area contributed by atoms with E-state index in [2.05, 4.69) is 13.0 Å². The first-order chi connectivity index (χ1) is 13.0. The molecule has 27 heavy (non-hydrogen) atoms. The van der Waals surface area contributed by atoms with E-state index in [0.717, 1.165) is 30.6 Å². The number of anilines is 1. The van der Waals surface area contributed by atoms with Crippen LogP contribution in [-0.2, 0) is 9.59 Å². The maximum absolute atomic E-state index is 12.9. The van der Waals surface area contributed by atoms with Crippen LogP contribution in [0.3, 0.4) is 0 Å². The SMILES string of the molecule is Cc1cccc(Oc2ccc(N3C(=O)[C@@H]4[C@@H]5CC[C@@H](C5)[C@@H]4C3=O)cc2)c1C. The zero-order valence-corrected chi connectivity index (χ0v) is 15.6. The van der Waals surface area contributed by atoms with Crippen molar-refractivity contribution in [2.75, 3.05) is 4.90 Å². The lowest BCUT2D eigenvalue weighted by atomic mass is 9.81. The lowest BCUT2D eigenvalue weighted by molar-refractivity contribution is -0.123. The minimum absolute atomic E-state index is 0.000368. The molecular weight excluding hydrogens is 338 g/mol. The van der Waals surface area contributed by atoms with Gasteiger partial charge in [-0.15, -0.1) is 0 Å². The third kappa shape index (κ3) is 2.43. The number of aryl methyl sites for hydroxylation is 1. The highest BCUT2D eigenvalue weighted by molar-refractivity contribution is 6.22. The molecule has 0 spiro atoms. The normalized spacial score (nSPS) is 28.7. The van der Waals surface area contributed by atoms with Crippen molar-refractivity contribution >= 4 is 17.5 Å². The predicted molar refractivity (Wildman–Crippen MR) is 103 cm³/mol. The highest BCUT2D eigenvalue weighted by atomic mass is 16.5. The lowest BCUT2D eigenvalue weighted by Gasteiger charge is -2.19. The van der Waals surface area contributed by atoms with Gasteiger partial charge < -0.3 is 4.74 Å². The van der Waals surface area contributed by atoms with Gasteiger partial charge in [0.1, 0.15) is 11.5 Å². The zero-order valence-electron chi connectivity index (χ0n) is 15.6. The Bertz CT molecular complexity index is 905. The van der Waals surface area contributed by atoms with Gasteiger partial charge in [-0.3, -0.25) is 14.5 Å². The van der Waals surface area contributed by atoms with E-state index in [1.54, 1.807) is 0 Å². The van der Waals surface area contributed by atoms with Crippen molar-refractivity contribution in [3.63, 3.8) is 0 Å². The second kappa shape index (κ2) is 5.95. The summed E-state index contributed by atoms with van der Waals surface area (Å²) >= 11 is 0. The van der Waals surface area contributed by atoms with E-state index in [0.29, 0.717) is 23.3 Å². The van der Waals surface area contributed by atoms with Gasteiger partial charge in [0.05, 0.1) is 17.5 Å². The van der Waals surface area contributed by atoms with Gasteiger partial charge in [0.2, 0.25) is 11.8 Å². The van der Waals surface area contributed by atoms with Crippen LogP contribution in [0.1, 0.15) is 30.4 Å². The molecule has 3 aliphatic rings. The largest absolute Gasteiger partial charge is 0.457 e. The molecule has 5 rings (SSSR count). The van der Waals surface area contributed by atoms with Crippen LogP contribution in [0.4, 0.5) is 5.69 Å². The Morgan fingerprint density at radius 3 is 2.15 bits per heavy atom. The summed E-state index contributed by atoms with van der Waals surface area (Å²) in [5.74, 6) is 2.18. The standard InChI is InChI=1S/C23H23NO3/c1-13-4-3-5-19(14(13)2)27-18-10-8-17(9-11-18)24-22(25)20-15-6-7-16(12-15)21(20)23(24)26/h3-5,8-11,15-16,20-21H,6-7,12H2,1-2H3/t15-,16+,20-,21+.